The quantitative estimate of drug-likeness (QED) is 0.363. The van der Waals surface area contributed by atoms with Gasteiger partial charge in [0, 0.05) is 0 Å². The van der Waals surface area contributed by atoms with Gasteiger partial charge in [0.1, 0.15) is 0 Å². The van der Waals surface area contributed by atoms with Crippen LogP contribution in [0.1, 0.15) is 0 Å². The Labute approximate surface area is 31.7 Å². The molecule has 3 heteroatoms. The van der Waals surface area contributed by atoms with Crippen molar-refractivity contribution in [3.8, 4) is 0 Å². The number of hydrogen-bond donors (Lipinski definition) is 2. The monoisotopic (exact) mass is 75.0 g/mol. The lowest BCUT2D eigenvalue weighted by Gasteiger charge is -1.64. The third kappa shape index (κ3) is 2.45. The van der Waals surface area contributed by atoms with Gasteiger partial charge in [0.15, 0.2) is 0 Å². The smallest absolute Gasteiger partial charge is 0.447 e. The van der Waals surface area contributed by atoms with E-state index in [4.69, 9.17) is 9.89 Å². The fraction of sp³-hybridized carbons (Fsp3) is 1.00. The fourth-order valence-corrected chi connectivity index (χ4v) is 0. The van der Waals surface area contributed by atoms with Gasteiger partial charge in [-0.05, 0) is 5.41 Å². The van der Waals surface area contributed by atoms with Gasteiger partial charge in [0.2, 0.25) is 0 Å². The van der Waals surface area contributed by atoms with Crippen LogP contribution in [0, 0.1) is 0 Å². The topological polar surface area (TPSA) is 46.2 Å². The van der Waals surface area contributed by atoms with E-state index in [0.717, 1.165) is 0 Å². The highest BCUT2D eigenvalue weighted by Crippen LogP contribution is 1.25. The molecule has 0 amide bonds. The summed E-state index contributed by atoms with van der Waals surface area (Å²) in [5.74, 6) is 0. The van der Waals surface area contributed by atoms with E-state index in [9.17, 15) is 0 Å². The van der Waals surface area contributed by atoms with E-state index in [0.29, 0.717) is 5.41 Å². The van der Waals surface area contributed by atoms with Crippen molar-refractivity contribution in [2.45, 2.75) is 0 Å². The molecule has 0 heterocycles. The van der Waals surface area contributed by atoms with Crippen LogP contribution < -0.4 is 5.73 Å². The Kier molecular flexibility index (Phi) is 3.84. The van der Waals surface area contributed by atoms with Gasteiger partial charge in [-0.25, -0.2) is 0 Å². The summed E-state index contributed by atoms with van der Waals surface area (Å²) in [5.41, 5.74) is 4.84. The minimum atomic E-state index is -0.798. The molecule has 0 saturated heterocycles. The lowest BCUT2D eigenvalue weighted by atomic mass is 11.5. The van der Waals surface area contributed by atoms with Crippen LogP contribution in [0.4, 0.5) is 0 Å². The maximum Gasteiger partial charge on any atom is 0.447 e. The lowest BCUT2D eigenvalue weighted by molar-refractivity contribution is 0.602. The van der Waals surface area contributed by atoms with E-state index in [2.05, 4.69) is 0 Å². The Morgan fingerprint density at radius 1 is 2.00 bits per heavy atom. The van der Waals surface area contributed by atoms with Gasteiger partial charge in [-0.15, -0.1) is 0 Å². The predicted octanol–water partition coefficient (Wildman–Crippen LogP) is -1.75. The molecule has 0 aromatic heterocycles. The molecule has 24 valence electrons. The maximum atomic E-state index is 7.89. The summed E-state index contributed by atoms with van der Waals surface area (Å²) in [4.78, 5) is 0. The van der Waals surface area contributed by atoms with Crippen LogP contribution in [0.3, 0.4) is 0 Å². The van der Waals surface area contributed by atoms with Crippen molar-refractivity contribution >= 4 is 15.6 Å². The van der Waals surface area contributed by atoms with E-state index >= 15 is 0 Å². The van der Waals surface area contributed by atoms with Crippen molar-refractivity contribution in [2.75, 3.05) is 5.41 Å². The molecule has 0 fully saturated rings. The van der Waals surface area contributed by atoms with Crippen LogP contribution in [-0.2, 0) is 0 Å². The van der Waals surface area contributed by atoms with Gasteiger partial charge in [0.25, 0.3) is 0 Å². The summed E-state index contributed by atoms with van der Waals surface area (Å²) in [6.07, 6.45) is 0. The second-order valence-corrected chi connectivity index (χ2v) is 1.54. The average molecular weight is 75.0 g/mol. The van der Waals surface area contributed by atoms with Gasteiger partial charge < -0.3 is 9.89 Å². The molecule has 0 aliphatic heterocycles. The average Bonchev–Trinajstić information content (AvgIpc) is 1.37. The lowest BCUT2D eigenvalue weighted by Crippen LogP contribution is -2.06. The van der Waals surface area contributed by atoms with E-state index in [1.54, 1.807) is 0 Å². The standard InChI is InChI=1S/CH4N.Al.H2O.H/c1-2;;;/h1-2H2;;1H2;/q;+1;;/p-1. The minimum Gasteiger partial charge on any atom is -0.518 e. The van der Waals surface area contributed by atoms with Crippen LogP contribution in [0.5, 0.6) is 0 Å². The van der Waals surface area contributed by atoms with Crippen LogP contribution in [0.2, 0.25) is 0 Å². The molecule has 0 aromatic rings. The SMILES string of the molecule is N[CH2][AlH][OH]. The first kappa shape index (κ1) is 4.45. The van der Waals surface area contributed by atoms with Gasteiger partial charge >= 0.3 is 15.6 Å². The van der Waals surface area contributed by atoms with Crippen molar-refractivity contribution in [1.29, 1.82) is 0 Å². The zero-order valence-electron chi connectivity index (χ0n) is 2.44. The predicted molar refractivity (Wildman–Crippen MR) is 18.4 cm³/mol. The Bertz CT molecular complexity index is 10.0. The molecule has 0 aromatic carbocycles. The summed E-state index contributed by atoms with van der Waals surface area (Å²) in [7, 11) is 0. The first-order valence-corrected chi connectivity index (χ1v) is 2.86. The molecular weight excluding hydrogens is 69.0 g/mol. The zero-order valence-corrected chi connectivity index (χ0v) is 3.85. The fourth-order valence-electron chi connectivity index (χ4n) is 0. The van der Waals surface area contributed by atoms with Gasteiger partial charge in [-0.1, -0.05) is 0 Å². The van der Waals surface area contributed by atoms with Crippen LogP contribution in [-0.4, -0.2) is 25.1 Å². The van der Waals surface area contributed by atoms with E-state index < -0.39 is 15.6 Å². The highest BCUT2D eigenvalue weighted by atomic mass is 27.1. The molecule has 2 nitrogen and oxygen atoms in total. The van der Waals surface area contributed by atoms with Crippen molar-refractivity contribution in [1.82, 2.24) is 0 Å². The molecular formula is CH6AlNO. The van der Waals surface area contributed by atoms with Crippen LogP contribution in [0.25, 0.3) is 0 Å². The summed E-state index contributed by atoms with van der Waals surface area (Å²) in [6, 6.07) is 0. The number of hydrogen-bond acceptors (Lipinski definition) is 2. The summed E-state index contributed by atoms with van der Waals surface area (Å²) >= 11 is -0.798. The Balaban J connectivity index is 1.97. The first-order chi connectivity index (χ1) is 1.91. The molecule has 0 aliphatic carbocycles. The Morgan fingerprint density at radius 2 is 2.25 bits per heavy atom. The zero-order chi connectivity index (χ0) is 3.41. The highest BCUT2D eigenvalue weighted by molar-refractivity contribution is 6.25. The molecule has 0 radical (unpaired) electrons. The van der Waals surface area contributed by atoms with Crippen molar-refractivity contribution < 1.29 is 4.16 Å². The number of nitrogens with two attached hydrogens (primary N) is 1. The van der Waals surface area contributed by atoms with Crippen molar-refractivity contribution in [2.24, 2.45) is 5.73 Å². The Morgan fingerprint density at radius 3 is 2.25 bits per heavy atom. The molecule has 0 atom stereocenters. The molecule has 0 bridgehead atoms. The summed E-state index contributed by atoms with van der Waals surface area (Å²) in [5, 5.41) is 0.514. The second-order valence-electron chi connectivity index (χ2n) is 0.512. The molecule has 3 N–H and O–H groups in total. The molecule has 0 unspecified atom stereocenters. The van der Waals surface area contributed by atoms with Crippen molar-refractivity contribution in [3.63, 3.8) is 0 Å². The van der Waals surface area contributed by atoms with Gasteiger partial charge in [-0.2, -0.15) is 0 Å². The molecule has 0 spiro atoms. The number of rotatable bonds is 1. The summed E-state index contributed by atoms with van der Waals surface area (Å²) < 4.78 is 7.89. The molecule has 0 rings (SSSR count). The maximum absolute atomic E-state index is 7.89. The van der Waals surface area contributed by atoms with Gasteiger partial charge in [-0.3, -0.25) is 0 Å². The van der Waals surface area contributed by atoms with E-state index in [1.807, 2.05) is 0 Å². The van der Waals surface area contributed by atoms with E-state index in [-0.39, 0.29) is 0 Å². The van der Waals surface area contributed by atoms with Crippen LogP contribution in [0.15, 0.2) is 0 Å². The normalized spacial score (nSPS) is 6.50. The van der Waals surface area contributed by atoms with E-state index in [1.165, 1.54) is 0 Å². The third-order valence-corrected chi connectivity index (χ3v) is 0.387. The molecule has 0 aliphatic rings. The minimum absolute atomic E-state index is 0.514. The molecule has 0 saturated carbocycles. The Hall–Kier alpha value is 0.452. The molecule has 4 heavy (non-hydrogen) atoms. The van der Waals surface area contributed by atoms with Gasteiger partial charge in [0.05, 0.1) is 0 Å². The summed E-state index contributed by atoms with van der Waals surface area (Å²) in [6.45, 7) is 0. The first-order valence-electron chi connectivity index (χ1n) is 1.22. The third-order valence-electron chi connectivity index (χ3n) is 0.129. The van der Waals surface area contributed by atoms with Crippen molar-refractivity contribution in [3.05, 3.63) is 0 Å². The largest absolute Gasteiger partial charge is 0.518 e. The van der Waals surface area contributed by atoms with Crippen LogP contribution >= 0.6 is 0 Å². The highest BCUT2D eigenvalue weighted by Gasteiger charge is 1.70. The second kappa shape index (κ2) is 3.45.